The van der Waals surface area contributed by atoms with E-state index in [0.717, 1.165) is 11.4 Å². The van der Waals surface area contributed by atoms with Crippen molar-refractivity contribution in [2.75, 3.05) is 5.73 Å². The van der Waals surface area contributed by atoms with Crippen LogP contribution in [0.2, 0.25) is 0 Å². The lowest BCUT2D eigenvalue weighted by atomic mass is 10.1. The number of nitrogens with zero attached hydrogens (tertiary/aromatic N) is 2. The number of thiophene rings is 1. The van der Waals surface area contributed by atoms with Crippen molar-refractivity contribution in [1.29, 1.82) is 0 Å². The molecule has 0 aliphatic rings. The van der Waals surface area contributed by atoms with Gasteiger partial charge in [-0.05, 0) is 19.9 Å². The van der Waals surface area contributed by atoms with Crippen molar-refractivity contribution in [3.63, 3.8) is 0 Å². The number of hydrogen-bond donors (Lipinski definition) is 1. The van der Waals surface area contributed by atoms with Crippen LogP contribution in [0.3, 0.4) is 0 Å². The predicted molar refractivity (Wildman–Crippen MR) is 60.4 cm³/mol. The second kappa shape index (κ2) is 3.13. The first-order valence-electron chi connectivity index (χ1n) is 4.44. The first kappa shape index (κ1) is 9.27. The highest BCUT2D eigenvalue weighted by Gasteiger charge is 2.12. The van der Waals surface area contributed by atoms with Gasteiger partial charge in [0.1, 0.15) is 0 Å². The second-order valence-electron chi connectivity index (χ2n) is 3.40. The monoisotopic (exact) mass is 207 g/mol. The first-order valence-corrected chi connectivity index (χ1v) is 5.26. The van der Waals surface area contributed by atoms with Crippen molar-refractivity contribution in [3.8, 4) is 11.3 Å². The summed E-state index contributed by atoms with van der Waals surface area (Å²) < 4.78 is 1.82. The number of anilines is 1. The Morgan fingerprint density at radius 3 is 2.57 bits per heavy atom. The van der Waals surface area contributed by atoms with Gasteiger partial charge in [-0.15, -0.1) is 11.3 Å². The number of nitrogen functional groups attached to an aromatic ring is 1. The molecule has 2 aromatic rings. The average Bonchev–Trinajstić information content (AvgIpc) is 2.57. The van der Waals surface area contributed by atoms with Crippen LogP contribution in [-0.4, -0.2) is 9.78 Å². The molecule has 4 heteroatoms. The molecule has 0 amide bonds. The number of aryl methyl sites for hydroxylation is 3. The lowest BCUT2D eigenvalue weighted by Crippen LogP contribution is -1.95. The van der Waals surface area contributed by atoms with E-state index < -0.39 is 0 Å². The summed E-state index contributed by atoms with van der Waals surface area (Å²) in [4.78, 5) is 2.59. The molecule has 74 valence electrons. The van der Waals surface area contributed by atoms with Crippen molar-refractivity contribution in [2.24, 2.45) is 7.05 Å². The third-order valence-corrected chi connectivity index (χ3v) is 3.23. The van der Waals surface area contributed by atoms with Crippen LogP contribution in [0.1, 0.15) is 9.75 Å². The Morgan fingerprint density at radius 2 is 2.14 bits per heavy atom. The van der Waals surface area contributed by atoms with Gasteiger partial charge in [0.15, 0.2) is 0 Å². The maximum atomic E-state index is 5.87. The summed E-state index contributed by atoms with van der Waals surface area (Å²) in [5, 5.41) is 4.14. The maximum absolute atomic E-state index is 5.87. The molecule has 0 aromatic carbocycles. The summed E-state index contributed by atoms with van der Waals surface area (Å²) >= 11 is 1.79. The fourth-order valence-corrected chi connectivity index (χ4v) is 2.58. The average molecular weight is 207 g/mol. The van der Waals surface area contributed by atoms with Crippen LogP contribution in [0.5, 0.6) is 0 Å². The number of rotatable bonds is 1. The van der Waals surface area contributed by atoms with Gasteiger partial charge >= 0.3 is 0 Å². The molecule has 0 bridgehead atoms. The second-order valence-corrected chi connectivity index (χ2v) is 4.86. The van der Waals surface area contributed by atoms with Crippen LogP contribution in [0, 0.1) is 13.8 Å². The Kier molecular flexibility index (Phi) is 2.07. The molecule has 2 heterocycles. The fourth-order valence-electron chi connectivity index (χ4n) is 1.65. The van der Waals surface area contributed by atoms with Gasteiger partial charge in [-0.25, -0.2) is 0 Å². The van der Waals surface area contributed by atoms with Gasteiger partial charge in [0, 0.05) is 22.4 Å². The van der Waals surface area contributed by atoms with Gasteiger partial charge in [-0.3, -0.25) is 4.68 Å². The van der Waals surface area contributed by atoms with Crippen LogP contribution in [-0.2, 0) is 7.05 Å². The van der Waals surface area contributed by atoms with Gasteiger partial charge in [0.25, 0.3) is 0 Å². The summed E-state index contributed by atoms with van der Waals surface area (Å²) in [6, 6.07) is 2.16. The lowest BCUT2D eigenvalue weighted by Gasteiger charge is -2.01. The summed E-state index contributed by atoms with van der Waals surface area (Å²) in [6.45, 7) is 4.22. The molecule has 0 fully saturated rings. The molecule has 3 nitrogen and oxygen atoms in total. The smallest absolute Gasteiger partial charge is 0.0919 e. The van der Waals surface area contributed by atoms with E-state index in [4.69, 9.17) is 5.73 Å². The molecule has 14 heavy (non-hydrogen) atoms. The van der Waals surface area contributed by atoms with Crippen LogP contribution in [0.15, 0.2) is 12.3 Å². The van der Waals surface area contributed by atoms with Gasteiger partial charge < -0.3 is 5.73 Å². The van der Waals surface area contributed by atoms with E-state index in [-0.39, 0.29) is 0 Å². The molecule has 0 atom stereocenters. The minimum Gasteiger partial charge on any atom is -0.396 e. The topological polar surface area (TPSA) is 43.8 Å². The van der Waals surface area contributed by atoms with E-state index in [1.165, 1.54) is 15.3 Å². The third-order valence-electron chi connectivity index (χ3n) is 2.26. The summed E-state index contributed by atoms with van der Waals surface area (Å²) in [5.41, 5.74) is 8.84. The highest BCUT2D eigenvalue weighted by atomic mass is 32.1. The lowest BCUT2D eigenvalue weighted by molar-refractivity contribution is 0.776. The Bertz CT molecular complexity index is 448. The zero-order valence-corrected chi connectivity index (χ0v) is 9.35. The third kappa shape index (κ3) is 1.32. The van der Waals surface area contributed by atoms with Crippen LogP contribution in [0.4, 0.5) is 5.69 Å². The molecule has 0 saturated carbocycles. The van der Waals surface area contributed by atoms with Gasteiger partial charge in [0.05, 0.1) is 17.6 Å². The Balaban J connectivity index is 2.65. The number of hydrogen-bond acceptors (Lipinski definition) is 3. The largest absolute Gasteiger partial charge is 0.396 e. The molecule has 2 N–H and O–H groups in total. The normalized spacial score (nSPS) is 10.8. The molecule has 2 rings (SSSR count). The van der Waals surface area contributed by atoms with Crippen LogP contribution < -0.4 is 5.73 Å². The molecular weight excluding hydrogens is 194 g/mol. The van der Waals surface area contributed by atoms with E-state index in [1.807, 2.05) is 11.7 Å². The molecule has 0 aliphatic heterocycles. The molecule has 2 aromatic heterocycles. The SMILES string of the molecule is Cc1cc(-c2c(N)cnn2C)c(C)s1. The summed E-state index contributed by atoms with van der Waals surface area (Å²) in [6.07, 6.45) is 1.70. The van der Waals surface area contributed by atoms with Crippen molar-refractivity contribution < 1.29 is 0 Å². The molecular formula is C10H13N3S. The highest BCUT2D eigenvalue weighted by molar-refractivity contribution is 7.12. The summed E-state index contributed by atoms with van der Waals surface area (Å²) in [5.74, 6) is 0. The Labute approximate surface area is 87.2 Å². The number of aromatic nitrogens is 2. The minimum atomic E-state index is 0.744. The van der Waals surface area contributed by atoms with E-state index in [9.17, 15) is 0 Å². The first-order chi connectivity index (χ1) is 6.59. The van der Waals surface area contributed by atoms with Gasteiger partial charge in [0.2, 0.25) is 0 Å². The maximum Gasteiger partial charge on any atom is 0.0919 e. The number of nitrogens with two attached hydrogens (primary N) is 1. The molecule has 0 radical (unpaired) electrons. The highest BCUT2D eigenvalue weighted by Crippen LogP contribution is 2.33. The van der Waals surface area contributed by atoms with Crippen molar-refractivity contribution in [3.05, 3.63) is 22.0 Å². The van der Waals surface area contributed by atoms with E-state index in [0.29, 0.717) is 0 Å². The standard InChI is InChI=1S/C10H13N3S/c1-6-4-8(7(2)14-6)10-9(11)5-12-13(10)3/h4-5H,11H2,1-3H3. The van der Waals surface area contributed by atoms with Crippen LogP contribution in [0.25, 0.3) is 11.3 Å². The Hall–Kier alpha value is -1.29. The van der Waals surface area contributed by atoms with E-state index in [1.54, 1.807) is 17.5 Å². The zero-order valence-electron chi connectivity index (χ0n) is 8.53. The van der Waals surface area contributed by atoms with E-state index in [2.05, 4.69) is 25.0 Å². The minimum absolute atomic E-state index is 0.744. The van der Waals surface area contributed by atoms with Crippen molar-refractivity contribution in [2.45, 2.75) is 13.8 Å². The van der Waals surface area contributed by atoms with E-state index >= 15 is 0 Å². The molecule has 0 aliphatic carbocycles. The van der Waals surface area contributed by atoms with Crippen molar-refractivity contribution >= 4 is 17.0 Å². The molecule has 0 saturated heterocycles. The van der Waals surface area contributed by atoms with Crippen molar-refractivity contribution in [1.82, 2.24) is 9.78 Å². The van der Waals surface area contributed by atoms with Gasteiger partial charge in [-0.1, -0.05) is 0 Å². The van der Waals surface area contributed by atoms with Crippen LogP contribution >= 0.6 is 11.3 Å². The van der Waals surface area contributed by atoms with Gasteiger partial charge in [-0.2, -0.15) is 5.10 Å². The summed E-state index contributed by atoms with van der Waals surface area (Å²) in [7, 11) is 1.91. The molecule has 0 unspecified atom stereocenters. The fraction of sp³-hybridized carbons (Fsp3) is 0.300. The predicted octanol–water partition coefficient (Wildman–Crippen LogP) is 2.35. The quantitative estimate of drug-likeness (QED) is 0.780. The molecule has 0 spiro atoms. The Morgan fingerprint density at radius 1 is 1.43 bits per heavy atom. The zero-order chi connectivity index (χ0) is 10.3.